The van der Waals surface area contributed by atoms with Crippen molar-refractivity contribution in [3.63, 3.8) is 0 Å². The third-order valence-corrected chi connectivity index (χ3v) is 23.9. The summed E-state index contributed by atoms with van der Waals surface area (Å²) in [7, 11) is -10.1. The third-order valence-electron chi connectivity index (χ3n) is 4.26. The zero-order valence-electron chi connectivity index (χ0n) is 28.4. The van der Waals surface area contributed by atoms with Gasteiger partial charge in [0.25, 0.3) is 0 Å². The number of carbonyl (C=O) groups excluding carboxylic acids is 1. The molecule has 14 heteroatoms. The monoisotopic (exact) mass is 821 g/mol. The minimum atomic E-state index is -2.41. The Labute approximate surface area is 322 Å². The largest absolute Gasteiger partial charge is 0.437 e. The molecule has 0 fully saturated rings. The predicted octanol–water partition coefficient (Wildman–Crippen LogP) is 13.8. The molecule has 49 heavy (non-hydrogen) atoms. The van der Waals surface area contributed by atoms with Gasteiger partial charge in [-0.1, -0.05) is 81.2 Å². The standard InChI is InChI=1S/C13H34O4Si3.C10H26O4Si3.C2H4.10CH4/c1-9-10-14-11-12-15-13-19(5,6)17-20(7,8)16-18(2,3)4;1-10(11)9-17(8,12-2)14-16(6,7)13-15(3,4)5;1-2;;;;;;;;;;/h9-13H2,1-8H3;9H2,1-8H3;1-2H2;10*1H4. The van der Waals surface area contributed by atoms with Gasteiger partial charge in [-0.15, -0.1) is 13.2 Å². The maximum absolute atomic E-state index is 11.2. The van der Waals surface area contributed by atoms with Crippen molar-refractivity contribution >= 4 is 56.4 Å². The zero-order chi connectivity index (χ0) is 31.8. The van der Waals surface area contributed by atoms with E-state index in [1.807, 2.05) is 19.6 Å². The van der Waals surface area contributed by atoms with Crippen LogP contribution in [0, 0.1) is 0 Å². The van der Waals surface area contributed by atoms with E-state index in [2.05, 4.69) is 85.6 Å². The summed E-state index contributed by atoms with van der Waals surface area (Å²) < 4.78 is 41.4. The number of hydrogen-bond donors (Lipinski definition) is 0. The van der Waals surface area contributed by atoms with Gasteiger partial charge in [0.2, 0.25) is 8.32 Å². The summed E-state index contributed by atoms with van der Waals surface area (Å²) in [5.74, 6) is 0.110. The lowest BCUT2D eigenvalue weighted by atomic mass is 10.5. The summed E-state index contributed by atoms with van der Waals surface area (Å²) >= 11 is 0. The van der Waals surface area contributed by atoms with E-state index in [9.17, 15) is 4.79 Å². The van der Waals surface area contributed by atoms with Gasteiger partial charge in [-0.2, -0.15) is 0 Å². The normalized spacial score (nSPS) is 11.5. The van der Waals surface area contributed by atoms with E-state index < -0.39 is 50.6 Å². The van der Waals surface area contributed by atoms with Gasteiger partial charge in [0.1, 0.15) is 5.78 Å². The van der Waals surface area contributed by atoms with E-state index in [0.717, 1.165) is 13.0 Å². The maximum atomic E-state index is 11.2. The van der Waals surface area contributed by atoms with Gasteiger partial charge in [-0.05, 0) is 98.5 Å². The summed E-state index contributed by atoms with van der Waals surface area (Å²) in [6, 6.07) is 0.384. The summed E-state index contributed by atoms with van der Waals surface area (Å²) in [5, 5.41) is 0. The zero-order valence-corrected chi connectivity index (χ0v) is 34.4. The number of carbonyl (C=O) groups is 1. The average Bonchev–Trinajstić information content (AvgIpc) is 2.66. The fourth-order valence-corrected chi connectivity index (χ4v) is 28.9. The molecule has 0 heterocycles. The first-order chi connectivity index (χ1) is 17.4. The molecule has 0 aromatic rings. The first kappa shape index (κ1) is 87.4. The predicted molar refractivity (Wildman–Crippen MR) is 248 cm³/mol. The first-order valence-corrected chi connectivity index (χ1v) is 32.0. The first-order valence-electron chi connectivity index (χ1n) is 13.9. The summed E-state index contributed by atoms with van der Waals surface area (Å²) in [4.78, 5) is 11.2. The van der Waals surface area contributed by atoms with Crippen LogP contribution < -0.4 is 0 Å². The van der Waals surface area contributed by atoms with E-state index in [4.69, 9.17) is 30.4 Å². The SMILES string of the molecule is C.C.C.C.C.C.C.C.C.C.C=C.CCCOCCOC[Si](C)(C)O[Si](C)(C)O[Si](C)(C)C.CO[Si](C)(CC(C)=O)O[Si](C)(C)O[Si](C)(C)C. The van der Waals surface area contributed by atoms with E-state index in [1.165, 1.54) is 0 Å². The van der Waals surface area contributed by atoms with Crippen LogP contribution in [0.3, 0.4) is 0 Å². The number of rotatable bonds is 18. The molecule has 0 aromatic carbocycles. The molecule has 8 nitrogen and oxygen atoms in total. The number of ketones is 1. The Balaban J connectivity index is -0.0000000385. The summed E-state index contributed by atoms with van der Waals surface area (Å²) in [5.41, 5.74) is 0. The topological polar surface area (TPSA) is 81.7 Å². The Hall–Kier alpha value is 0.431. The van der Waals surface area contributed by atoms with Gasteiger partial charge in [0.15, 0.2) is 16.6 Å². The number of ether oxygens (including phenoxy) is 2. The maximum Gasteiger partial charge on any atom is 0.333 e. The third kappa shape index (κ3) is 60.8. The van der Waals surface area contributed by atoms with Crippen LogP contribution in [0.5, 0.6) is 0 Å². The fourth-order valence-electron chi connectivity index (χ4n) is 4.02. The van der Waals surface area contributed by atoms with Crippen molar-refractivity contribution < 1.29 is 35.2 Å². The molecule has 0 N–H and O–H groups in total. The molecule has 0 saturated carbocycles. The van der Waals surface area contributed by atoms with Crippen molar-refractivity contribution in [1.82, 2.24) is 0 Å². The van der Waals surface area contributed by atoms with E-state index in [-0.39, 0.29) is 80.0 Å². The Morgan fingerprint density at radius 2 is 0.857 bits per heavy atom. The van der Waals surface area contributed by atoms with Crippen molar-refractivity contribution in [3.8, 4) is 0 Å². The van der Waals surface area contributed by atoms with Crippen molar-refractivity contribution in [2.75, 3.05) is 33.2 Å². The van der Waals surface area contributed by atoms with Gasteiger partial charge in [0, 0.05) is 19.8 Å². The Morgan fingerprint density at radius 3 is 1.14 bits per heavy atom. The molecule has 0 aliphatic carbocycles. The van der Waals surface area contributed by atoms with Crippen LogP contribution in [0.2, 0.25) is 91.2 Å². The molecule has 0 radical (unpaired) electrons. The smallest absolute Gasteiger partial charge is 0.333 e. The van der Waals surface area contributed by atoms with E-state index in [1.54, 1.807) is 14.0 Å². The van der Waals surface area contributed by atoms with Gasteiger partial charge < -0.3 is 35.2 Å². The molecule has 0 aliphatic rings. The molecule has 0 spiro atoms. The molecule has 0 aliphatic heterocycles. The van der Waals surface area contributed by atoms with Crippen molar-refractivity contribution in [3.05, 3.63) is 13.2 Å². The van der Waals surface area contributed by atoms with Crippen LogP contribution >= 0.6 is 0 Å². The minimum Gasteiger partial charge on any atom is -0.437 e. The molecule has 0 saturated heterocycles. The summed E-state index contributed by atoms with van der Waals surface area (Å²) in [6.45, 7) is 39.5. The second-order valence-electron chi connectivity index (χ2n) is 13.1. The highest BCUT2D eigenvalue weighted by Crippen LogP contribution is 2.23. The van der Waals surface area contributed by atoms with Crippen LogP contribution in [0.4, 0.5) is 0 Å². The summed E-state index contributed by atoms with van der Waals surface area (Å²) in [6.07, 6.45) is 1.76. The lowest BCUT2D eigenvalue weighted by Gasteiger charge is -2.37. The molecule has 1 atom stereocenters. The van der Waals surface area contributed by atoms with Crippen LogP contribution in [-0.4, -0.2) is 89.6 Å². The average molecular weight is 822 g/mol. The lowest BCUT2D eigenvalue weighted by Crippen LogP contribution is -2.54. The van der Waals surface area contributed by atoms with Crippen molar-refractivity contribution in [2.24, 2.45) is 0 Å². The molecule has 0 rings (SSSR count). The quantitative estimate of drug-likeness (QED) is 0.0768. The highest BCUT2D eigenvalue weighted by atomic mass is 28.5. The van der Waals surface area contributed by atoms with Crippen molar-refractivity contribution in [1.29, 1.82) is 0 Å². The van der Waals surface area contributed by atoms with Gasteiger partial charge in [-0.3, -0.25) is 0 Å². The fraction of sp³-hybridized carbons (Fsp3) is 0.914. The lowest BCUT2D eigenvalue weighted by molar-refractivity contribution is -0.115. The highest BCUT2D eigenvalue weighted by Gasteiger charge is 2.42. The molecule has 0 bridgehead atoms. The van der Waals surface area contributed by atoms with Crippen molar-refractivity contribution in [2.45, 2.75) is 186 Å². The van der Waals surface area contributed by atoms with Crippen LogP contribution in [-0.2, 0) is 35.2 Å². The second-order valence-corrected chi connectivity index (χ2v) is 37.2. The molecule has 316 valence electrons. The van der Waals surface area contributed by atoms with Crippen LogP contribution in [0.15, 0.2) is 13.2 Å². The van der Waals surface area contributed by atoms with Gasteiger partial charge in [-0.25, -0.2) is 0 Å². The van der Waals surface area contributed by atoms with Gasteiger partial charge >= 0.3 is 25.7 Å². The molecule has 0 aromatic heterocycles. The Bertz CT molecular complexity index is 671. The minimum absolute atomic E-state index is 0. The van der Waals surface area contributed by atoms with Crippen LogP contribution in [0.1, 0.15) is 94.5 Å². The second kappa shape index (κ2) is 39.6. The van der Waals surface area contributed by atoms with E-state index >= 15 is 0 Å². The number of hydrogen-bond acceptors (Lipinski definition) is 8. The molecule has 1 unspecified atom stereocenters. The highest BCUT2D eigenvalue weighted by molar-refractivity contribution is 6.88. The molecular formula is C35H104O8Si6. The van der Waals surface area contributed by atoms with Gasteiger partial charge in [0.05, 0.1) is 19.4 Å². The molecular weight excluding hydrogens is 717 g/mol. The Kier molecular flexibility index (Phi) is 70.7. The molecule has 0 amide bonds. The number of Topliss-reactive ketones (excluding diaryl/α,β-unsaturated/α-hetero) is 1. The Morgan fingerprint density at radius 1 is 0.531 bits per heavy atom. The van der Waals surface area contributed by atoms with E-state index in [0.29, 0.717) is 25.5 Å². The van der Waals surface area contributed by atoms with Crippen LogP contribution in [0.25, 0.3) is 0 Å².